The van der Waals surface area contributed by atoms with Gasteiger partial charge in [0.2, 0.25) is 0 Å². The minimum atomic E-state index is -0.0102. The van der Waals surface area contributed by atoms with Crippen LogP contribution < -0.4 is 16.8 Å². The molecule has 8 nitrogen and oxygen atoms in total. The maximum Gasteiger partial charge on any atom is 0.191 e. The molecule has 0 bridgehead atoms. The van der Waals surface area contributed by atoms with Crippen molar-refractivity contribution >= 4 is 22.5 Å². The summed E-state index contributed by atoms with van der Waals surface area (Å²) in [6.45, 7) is 1.83. The number of methoxy groups -OCH3 is 1. The number of hydrogen-bond acceptors (Lipinski definition) is 5. The number of H-pyrrole nitrogens is 1. The number of rotatable bonds is 6. The molecule has 126 valence electrons. The van der Waals surface area contributed by atoms with E-state index in [0.717, 1.165) is 23.1 Å². The van der Waals surface area contributed by atoms with Gasteiger partial charge < -0.3 is 26.5 Å². The van der Waals surface area contributed by atoms with Gasteiger partial charge in [-0.05, 0) is 6.07 Å². The average Bonchev–Trinajstić information content (AvgIpc) is 2.90. The summed E-state index contributed by atoms with van der Waals surface area (Å²) >= 11 is 0. The second-order valence-electron chi connectivity index (χ2n) is 4.70. The zero-order valence-corrected chi connectivity index (χ0v) is 13.5. The van der Waals surface area contributed by atoms with Crippen molar-refractivity contribution in [3.63, 3.8) is 0 Å². The first-order valence-corrected chi connectivity index (χ1v) is 7.26. The summed E-state index contributed by atoms with van der Waals surface area (Å²) < 4.78 is 4.72. The number of aromatic nitrogens is 1. The average molecular weight is 327 g/mol. The molecule has 0 atom stereocenters. The fourth-order valence-electron chi connectivity index (χ4n) is 1.97. The van der Waals surface area contributed by atoms with E-state index in [1.807, 2.05) is 30.3 Å². The van der Waals surface area contributed by atoms with Crippen molar-refractivity contribution in [2.45, 2.75) is 6.42 Å². The first kappa shape index (κ1) is 19.0. The van der Waals surface area contributed by atoms with Crippen molar-refractivity contribution in [2.24, 2.45) is 16.5 Å². The zero-order valence-electron chi connectivity index (χ0n) is 13.5. The smallest absolute Gasteiger partial charge is 0.191 e. The van der Waals surface area contributed by atoms with E-state index < -0.39 is 0 Å². The second-order valence-corrected chi connectivity index (χ2v) is 4.70. The van der Waals surface area contributed by atoms with Gasteiger partial charge in [-0.3, -0.25) is 0 Å². The van der Waals surface area contributed by atoms with Crippen LogP contribution in [0.3, 0.4) is 0 Å². The summed E-state index contributed by atoms with van der Waals surface area (Å²) in [7, 11) is 1.63. The predicted molar refractivity (Wildman–Crippen MR) is 93.4 cm³/mol. The van der Waals surface area contributed by atoms with Gasteiger partial charge in [0.25, 0.3) is 0 Å². The Balaban J connectivity index is 0.000000307. The van der Waals surface area contributed by atoms with Crippen molar-refractivity contribution in [1.82, 2.24) is 10.3 Å². The molecule has 1 aromatic heterocycles. The molecule has 1 aromatic carbocycles. The molecule has 0 fully saturated rings. The molecule has 8 heteroatoms. The Bertz CT molecular complexity index is 748. The fourth-order valence-corrected chi connectivity index (χ4v) is 1.97. The molecule has 0 saturated heterocycles. The third-order valence-electron chi connectivity index (χ3n) is 2.94. The molecule has 2 aromatic rings. The van der Waals surface area contributed by atoms with Crippen LogP contribution in [0.1, 0.15) is 5.69 Å². The molecule has 24 heavy (non-hydrogen) atoms. The van der Waals surface area contributed by atoms with E-state index in [-0.39, 0.29) is 12.4 Å². The number of aromatic amines is 1. The van der Waals surface area contributed by atoms with Crippen LogP contribution in [-0.2, 0) is 11.2 Å². The maximum absolute atomic E-state index is 8.72. The van der Waals surface area contributed by atoms with E-state index >= 15 is 0 Å². The molecule has 0 aliphatic heterocycles. The number of nitrogens with zero attached hydrogens (tertiary/aromatic N) is 3. The van der Waals surface area contributed by atoms with E-state index in [9.17, 15) is 0 Å². The normalized spacial score (nSPS) is 9.46. The quantitative estimate of drug-likeness (QED) is 0.268. The summed E-state index contributed by atoms with van der Waals surface area (Å²) in [6, 6.07) is 11.7. The van der Waals surface area contributed by atoms with Gasteiger partial charge in [-0.25, -0.2) is 4.99 Å². The van der Waals surface area contributed by atoms with E-state index in [1.54, 1.807) is 7.11 Å². The van der Waals surface area contributed by atoms with E-state index in [0.29, 0.717) is 18.8 Å². The van der Waals surface area contributed by atoms with Crippen LogP contribution in [0.25, 0.3) is 10.9 Å². The first-order chi connectivity index (χ1) is 11.6. The molecular formula is C16H21N7O. The molecule has 0 aliphatic carbocycles. The van der Waals surface area contributed by atoms with E-state index in [1.165, 1.54) is 0 Å². The molecule has 0 radical (unpaired) electrons. The lowest BCUT2D eigenvalue weighted by Crippen LogP contribution is -2.22. The lowest BCUT2D eigenvalue weighted by Gasteiger charge is -1.95. The van der Waals surface area contributed by atoms with Crippen molar-refractivity contribution in [3.05, 3.63) is 30.0 Å². The number of aliphatic imine (C=N–C) groups is 1. The van der Waals surface area contributed by atoms with Crippen LogP contribution in [0.2, 0.25) is 0 Å². The Morgan fingerprint density at radius 2 is 2.04 bits per heavy atom. The van der Waals surface area contributed by atoms with Gasteiger partial charge in [-0.2, -0.15) is 10.5 Å². The van der Waals surface area contributed by atoms with Crippen molar-refractivity contribution in [2.75, 3.05) is 26.8 Å². The molecule has 0 unspecified atom stereocenters. The maximum atomic E-state index is 8.72. The number of nitriles is 2. The second kappa shape index (κ2) is 10.6. The lowest BCUT2D eigenvalue weighted by atomic mass is 10.2. The van der Waals surface area contributed by atoms with E-state index in [2.05, 4.69) is 21.4 Å². The number of fused-ring (bicyclic) bond motifs is 1. The van der Waals surface area contributed by atoms with Crippen molar-refractivity contribution in [3.8, 4) is 12.1 Å². The molecule has 0 amide bonds. The third-order valence-corrected chi connectivity index (χ3v) is 2.94. The monoisotopic (exact) mass is 327 g/mol. The summed E-state index contributed by atoms with van der Waals surface area (Å²) in [6.07, 6.45) is 0.251. The number of benzene rings is 1. The van der Waals surface area contributed by atoms with Gasteiger partial charge in [0.1, 0.15) is 0 Å². The Morgan fingerprint density at radius 3 is 2.67 bits per heavy atom. The third kappa shape index (κ3) is 5.97. The SMILES string of the molecule is COCCNCC#N.N#CCc1[nH]c2ccccc2c1N=C(N)N. The summed E-state index contributed by atoms with van der Waals surface area (Å²) in [4.78, 5) is 7.19. The molecule has 0 saturated carbocycles. The molecular weight excluding hydrogens is 306 g/mol. The number of hydrogen-bond donors (Lipinski definition) is 4. The van der Waals surface area contributed by atoms with Gasteiger partial charge in [0.15, 0.2) is 5.96 Å². The summed E-state index contributed by atoms with van der Waals surface area (Å²) in [5.41, 5.74) is 13.0. The first-order valence-electron chi connectivity index (χ1n) is 7.26. The van der Waals surface area contributed by atoms with Gasteiger partial charge in [0.05, 0.1) is 43.1 Å². The van der Waals surface area contributed by atoms with Gasteiger partial charge in [0, 0.05) is 24.6 Å². The van der Waals surface area contributed by atoms with Gasteiger partial charge in [-0.15, -0.1) is 0 Å². The zero-order chi connectivity index (χ0) is 17.8. The molecule has 1 heterocycles. The molecule has 2 rings (SSSR count). The highest BCUT2D eigenvalue weighted by Gasteiger charge is 2.09. The number of ether oxygens (including phenoxy) is 1. The number of nitrogens with one attached hydrogen (secondary N) is 2. The number of guanidine groups is 1. The van der Waals surface area contributed by atoms with Crippen LogP contribution in [-0.4, -0.2) is 37.7 Å². The minimum absolute atomic E-state index is 0.0102. The van der Waals surface area contributed by atoms with Crippen LogP contribution in [0.5, 0.6) is 0 Å². The highest BCUT2D eigenvalue weighted by molar-refractivity contribution is 5.95. The van der Waals surface area contributed by atoms with Crippen LogP contribution in [0.4, 0.5) is 5.69 Å². The topological polar surface area (TPSA) is 149 Å². The Labute approximate surface area is 140 Å². The minimum Gasteiger partial charge on any atom is -0.383 e. The van der Waals surface area contributed by atoms with Crippen LogP contribution in [0, 0.1) is 22.7 Å². The number of nitrogens with two attached hydrogens (primary N) is 2. The fraction of sp³-hybridized carbons (Fsp3) is 0.312. The largest absolute Gasteiger partial charge is 0.383 e. The van der Waals surface area contributed by atoms with Crippen molar-refractivity contribution < 1.29 is 4.74 Å². The highest BCUT2D eigenvalue weighted by atomic mass is 16.5. The van der Waals surface area contributed by atoms with Crippen molar-refractivity contribution in [1.29, 1.82) is 10.5 Å². The Morgan fingerprint density at radius 1 is 1.29 bits per heavy atom. The Hall–Kier alpha value is -3.07. The van der Waals surface area contributed by atoms with E-state index in [4.69, 9.17) is 26.7 Å². The summed E-state index contributed by atoms with van der Waals surface area (Å²) in [5, 5.41) is 20.5. The Kier molecular flexibility index (Phi) is 8.40. The van der Waals surface area contributed by atoms with Crippen LogP contribution >= 0.6 is 0 Å². The number of para-hydroxylation sites is 1. The molecule has 6 N–H and O–H groups in total. The molecule has 0 spiro atoms. The predicted octanol–water partition coefficient (Wildman–Crippen LogP) is 0.885. The lowest BCUT2D eigenvalue weighted by molar-refractivity contribution is 0.200. The summed E-state index contributed by atoms with van der Waals surface area (Å²) in [5.74, 6) is -0.0102. The standard InChI is InChI=1S/C11H11N5.C5H10N2O/c12-6-5-9-10(16-11(13)14)7-3-1-2-4-8(7)15-9;1-8-5-4-7-3-2-6/h1-4,15H,5H2,(H4,13,14,16);7H,3-5H2,1H3. The van der Waals surface area contributed by atoms with Gasteiger partial charge >= 0.3 is 0 Å². The highest BCUT2D eigenvalue weighted by Crippen LogP contribution is 2.30. The van der Waals surface area contributed by atoms with Crippen LogP contribution in [0.15, 0.2) is 29.3 Å². The molecule has 0 aliphatic rings. The van der Waals surface area contributed by atoms with Gasteiger partial charge in [-0.1, -0.05) is 18.2 Å².